The van der Waals surface area contributed by atoms with Gasteiger partial charge in [-0.1, -0.05) is 23.7 Å². The lowest BCUT2D eigenvalue weighted by molar-refractivity contribution is -0.122. The van der Waals surface area contributed by atoms with Crippen LogP contribution in [0.3, 0.4) is 0 Å². The largest absolute Gasteiger partial charge is 0.381 e. The third-order valence-corrected chi connectivity index (χ3v) is 7.81. The van der Waals surface area contributed by atoms with Crippen molar-refractivity contribution in [3.8, 4) is 0 Å². The van der Waals surface area contributed by atoms with Crippen molar-refractivity contribution in [3.05, 3.63) is 23.0 Å². The van der Waals surface area contributed by atoms with Gasteiger partial charge in [-0.15, -0.1) is 0 Å². The third-order valence-electron chi connectivity index (χ3n) is 7.52. The molecule has 0 unspecified atom stereocenters. The number of amides is 1. The van der Waals surface area contributed by atoms with Crippen LogP contribution >= 0.6 is 11.6 Å². The Kier molecular flexibility index (Phi) is 10.2. The quantitative estimate of drug-likeness (QED) is 0.376. The molecule has 4 rings (SSSR count). The van der Waals surface area contributed by atoms with Crippen LogP contribution in [0.5, 0.6) is 0 Å². The molecule has 1 saturated heterocycles. The molecule has 7 nitrogen and oxygen atoms in total. The molecule has 1 aromatic carbocycles. The molecule has 2 heterocycles. The highest BCUT2D eigenvalue weighted by Gasteiger charge is 2.25. The van der Waals surface area contributed by atoms with Gasteiger partial charge >= 0.3 is 0 Å². The molecule has 0 spiro atoms. The van der Waals surface area contributed by atoms with Crippen molar-refractivity contribution in [2.75, 3.05) is 50.8 Å². The molecule has 2 aliphatic rings. The Hall–Kier alpha value is -1.90. The predicted octanol–water partition coefficient (Wildman–Crippen LogP) is 5.40. The standard InChI is InChI=1S/C27H40ClFN4O3/c1-2-16-35-17-4-3-5-26(34)30-21-8-6-20(7-9-21)10-11-32-12-14-33(15-13-32)27-22-18-24(29)23(28)19-25(22)36-31-27/h18-21H,2-17H2,1H3,(H,30,34). The van der Waals surface area contributed by atoms with E-state index in [0.717, 1.165) is 84.0 Å². The lowest BCUT2D eigenvalue weighted by Crippen LogP contribution is -2.47. The number of benzene rings is 1. The lowest BCUT2D eigenvalue weighted by Gasteiger charge is -2.36. The summed E-state index contributed by atoms with van der Waals surface area (Å²) >= 11 is 5.86. The fraction of sp³-hybridized carbons (Fsp3) is 0.704. The highest BCUT2D eigenvalue weighted by Crippen LogP contribution is 2.31. The number of anilines is 1. The van der Waals surface area contributed by atoms with Gasteiger partial charge < -0.3 is 19.5 Å². The van der Waals surface area contributed by atoms with Crippen LogP contribution in [0.25, 0.3) is 11.0 Å². The van der Waals surface area contributed by atoms with Gasteiger partial charge in [0.15, 0.2) is 11.4 Å². The van der Waals surface area contributed by atoms with Crippen LogP contribution in [0.15, 0.2) is 16.7 Å². The van der Waals surface area contributed by atoms with Gasteiger partial charge in [0.1, 0.15) is 5.82 Å². The molecule has 1 aliphatic heterocycles. The number of nitrogens with one attached hydrogen (secondary N) is 1. The summed E-state index contributed by atoms with van der Waals surface area (Å²) in [5, 5.41) is 8.15. The van der Waals surface area contributed by atoms with E-state index < -0.39 is 5.82 Å². The first-order chi connectivity index (χ1) is 17.5. The lowest BCUT2D eigenvalue weighted by atomic mass is 9.84. The fourth-order valence-electron chi connectivity index (χ4n) is 5.33. The van der Waals surface area contributed by atoms with E-state index in [2.05, 4.69) is 27.2 Å². The number of aromatic nitrogens is 1. The first kappa shape index (κ1) is 27.1. The number of halogens is 2. The molecular weight excluding hydrogens is 483 g/mol. The van der Waals surface area contributed by atoms with Crippen molar-refractivity contribution in [2.45, 2.75) is 70.8 Å². The summed E-state index contributed by atoms with van der Waals surface area (Å²) in [4.78, 5) is 16.9. The van der Waals surface area contributed by atoms with Crippen LogP contribution in [0, 0.1) is 11.7 Å². The zero-order chi connectivity index (χ0) is 25.3. The van der Waals surface area contributed by atoms with Crippen molar-refractivity contribution < 1.29 is 18.4 Å². The second-order valence-corrected chi connectivity index (χ2v) is 10.6. The third kappa shape index (κ3) is 7.56. The van der Waals surface area contributed by atoms with E-state index in [-0.39, 0.29) is 10.9 Å². The summed E-state index contributed by atoms with van der Waals surface area (Å²) < 4.78 is 24.8. The first-order valence-electron chi connectivity index (χ1n) is 13.6. The molecular formula is C27H40ClFN4O3. The van der Waals surface area contributed by atoms with Crippen LogP contribution < -0.4 is 10.2 Å². The minimum atomic E-state index is -0.450. The molecule has 0 bridgehead atoms. The monoisotopic (exact) mass is 522 g/mol. The first-order valence-corrected chi connectivity index (χ1v) is 14.0. The Bertz CT molecular complexity index is 971. The van der Waals surface area contributed by atoms with Crippen LogP contribution in [0.2, 0.25) is 5.02 Å². The number of ether oxygens (including phenoxy) is 1. The number of hydrogen-bond acceptors (Lipinski definition) is 6. The number of unbranched alkanes of at least 4 members (excludes halogenated alkanes) is 1. The number of nitrogens with zero attached hydrogens (tertiary/aromatic N) is 3. The molecule has 0 radical (unpaired) electrons. The topological polar surface area (TPSA) is 70.8 Å². The maximum absolute atomic E-state index is 13.9. The van der Waals surface area contributed by atoms with Gasteiger partial charge in [0.25, 0.3) is 0 Å². The van der Waals surface area contributed by atoms with Crippen molar-refractivity contribution >= 4 is 34.3 Å². The zero-order valence-electron chi connectivity index (χ0n) is 21.4. The highest BCUT2D eigenvalue weighted by molar-refractivity contribution is 6.31. The van der Waals surface area contributed by atoms with Crippen LogP contribution in [0.1, 0.15) is 64.7 Å². The highest BCUT2D eigenvalue weighted by atomic mass is 35.5. The van der Waals surface area contributed by atoms with E-state index in [1.165, 1.54) is 31.4 Å². The second-order valence-electron chi connectivity index (χ2n) is 10.2. The molecule has 0 atom stereocenters. The van der Waals surface area contributed by atoms with E-state index in [1.807, 2.05) is 0 Å². The van der Waals surface area contributed by atoms with E-state index in [4.69, 9.17) is 20.9 Å². The molecule has 9 heteroatoms. The molecule has 1 aromatic heterocycles. The Balaban J connectivity index is 1.10. The summed E-state index contributed by atoms with van der Waals surface area (Å²) in [6, 6.07) is 3.24. The van der Waals surface area contributed by atoms with E-state index in [0.29, 0.717) is 29.2 Å². The number of piperazine rings is 1. The smallest absolute Gasteiger partial charge is 0.220 e. The molecule has 1 N–H and O–H groups in total. The van der Waals surface area contributed by atoms with Gasteiger partial charge in [-0.3, -0.25) is 9.69 Å². The SMILES string of the molecule is CCCOCCCCC(=O)NC1CCC(CCN2CCN(c3noc4cc(Cl)c(F)cc34)CC2)CC1. The van der Waals surface area contributed by atoms with Crippen molar-refractivity contribution in [1.82, 2.24) is 15.4 Å². The van der Waals surface area contributed by atoms with Crippen LogP contribution in [0.4, 0.5) is 10.2 Å². The van der Waals surface area contributed by atoms with Gasteiger partial charge in [-0.2, -0.15) is 0 Å². The van der Waals surface area contributed by atoms with E-state index in [1.54, 1.807) is 0 Å². The minimum Gasteiger partial charge on any atom is -0.381 e. The van der Waals surface area contributed by atoms with Crippen LogP contribution in [-0.2, 0) is 9.53 Å². The Morgan fingerprint density at radius 3 is 2.69 bits per heavy atom. The second kappa shape index (κ2) is 13.6. The summed E-state index contributed by atoms with van der Waals surface area (Å²) in [5.41, 5.74) is 0.516. The summed E-state index contributed by atoms with van der Waals surface area (Å²) in [6.45, 7) is 8.37. The molecule has 1 amide bonds. The predicted molar refractivity (Wildman–Crippen MR) is 141 cm³/mol. The van der Waals surface area contributed by atoms with Gasteiger partial charge in [0, 0.05) is 57.9 Å². The van der Waals surface area contributed by atoms with Gasteiger partial charge in [-0.25, -0.2) is 4.39 Å². The summed E-state index contributed by atoms with van der Waals surface area (Å²) in [6.07, 6.45) is 9.26. The van der Waals surface area contributed by atoms with Gasteiger partial charge in [0.05, 0.1) is 10.4 Å². The number of carbonyl (C=O) groups excluding carboxylic acids is 1. The molecule has 2 aromatic rings. The minimum absolute atomic E-state index is 0.0511. The molecule has 36 heavy (non-hydrogen) atoms. The average Bonchev–Trinajstić information content (AvgIpc) is 3.28. The van der Waals surface area contributed by atoms with Crippen molar-refractivity contribution in [1.29, 1.82) is 0 Å². The maximum Gasteiger partial charge on any atom is 0.220 e. The Morgan fingerprint density at radius 2 is 1.94 bits per heavy atom. The molecule has 1 aliphatic carbocycles. The van der Waals surface area contributed by atoms with E-state index in [9.17, 15) is 9.18 Å². The van der Waals surface area contributed by atoms with Crippen molar-refractivity contribution in [2.24, 2.45) is 5.92 Å². The fourth-order valence-corrected chi connectivity index (χ4v) is 5.48. The number of fused-ring (bicyclic) bond motifs is 1. The molecule has 1 saturated carbocycles. The number of hydrogen-bond donors (Lipinski definition) is 1. The number of carbonyl (C=O) groups is 1. The Labute approximate surface area is 218 Å². The molecule has 2 fully saturated rings. The van der Waals surface area contributed by atoms with Gasteiger partial charge in [-0.05, 0) is 69.9 Å². The normalized spacial score (nSPS) is 21.2. The maximum atomic E-state index is 13.9. The summed E-state index contributed by atoms with van der Waals surface area (Å²) in [7, 11) is 0. The summed E-state index contributed by atoms with van der Waals surface area (Å²) in [5.74, 6) is 1.18. The Morgan fingerprint density at radius 1 is 1.17 bits per heavy atom. The van der Waals surface area contributed by atoms with E-state index >= 15 is 0 Å². The van der Waals surface area contributed by atoms with Gasteiger partial charge in [0.2, 0.25) is 5.91 Å². The average molecular weight is 523 g/mol. The number of rotatable bonds is 12. The van der Waals surface area contributed by atoms with Crippen molar-refractivity contribution in [3.63, 3.8) is 0 Å². The molecule has 200 valence electrons. The zero-order valence-corrected chi connectivity index (χ0v) is 22.2. The van der Waals surface area contributed by atoms with Crippen LogP contribution in [-0.4, -0.2) is 67.9 Å².